The van der Waals surface area contributed by atoms with Gasteiger partial charge in [-0.1, -0.05) is 19.1 Å². The van der Waals surface area contributed by atoms with E-state index in [9.17, 15) is 4.39 Å². The van der Waals surface area contributed by atoms with Crippen LogP contribution in [0.3, 0.4) is 0 Å². The maximum atomic E-state index is 13.4. The summed E-state index contributed by atoms with van der Waals surface area (Å²) in [7, 11) is 1.91. The number of aryl methyl sites for hydroxylation is 3. The van der Waals surface area contributed by atoms with Crippen molar-refractivity contribution < 1.29 is 4.39 Å². The molecule has 1 heterocycles. The van der Waals surface area contributed by atoms with Gasteiger partial charge in [0.1, 0.15) is 5.82 Å². The molecule has 19 heavy (non-hydrogen) atoms. The van der Waals surface area contributed by atoms with Crippen LogP contribution in [0.15, 0.2) is 24.4 Å². The summed E-state index contributed by atoms with van der Waals surface area (Å²) in [5.41, 5.74) is 3.87. The van der Waals surface area contributed by atoms with Crippen LogP contribution in [0.2, 0.25) is 0 Å². The highest BCUT2D eigenvalue weighted by atomic mass is 19.1. The minimum absolute atomic E-state index is 0.0537. The Labute approximate surface area is 113 Å². The van der Waals surface area contributed by atoms with Gasteiger partial charge in [-0.2, -0.15) is 5.10 Å². The van der Waals surface area contributed by atoms with Gasteiger partial charge < -0.3 is 5.32 Å². The van der Waals surface area contributed by atoms with E-state index in [1.54, 1.807) is 6.92 Å². The Morgan fingerprint density at radius 1 is 1.37 bits per heavy atom. The van der Waals surface area contributed by atoms with Gasteiger partial charge in [0.25, 0.3) is 0 Å². The van der Waals surface area contributed by atoms with Crippen molar-refractivity contribution in [3.05, 3.63) is 52.6 Å². The average molecular weight is 261 g/mol. The van der Waals surface area contributed by atoms with Crippen molar-refractivity contribution in [3.8, 4) is 0 Å². The van der Waals surface area contributed by atoms with Gasteiger partial charge in [0, 0.05) is 18.8 Å². The van der Waals surface area contributed by atoms with Gasteiger partial charge in [-0.25, -0.2) is 4.39 Å². The SMILES string of the molecule is CCNC(c1ccc(F)c(C)c1)c1cn(C)nc1C. The van der Waals surface area contributed by atoms with Crippen molar-refractivity contribution in [2.45, 2.75) is 26.8 Å². The second kappa shape index (κ2) is 5.53. The number of nitrogens with one attached hydrogen (secondary N) is 1. The smallest absolute Gasteiger partial charge is 0.126 e. The van der Waals surface area contributed by atoms with Crippen molar-refractivity contribution in [2.24, 2.45) is 7.05 Å². The normalized spacial score (nSPS) is 12.7. The van der Waals surface area contributed by atoms with Crippen LogP contribution < -0.4 is 5.32 Å². The molecule has 1 aromatic heterocycles. The molecule has 1 N–H and O–H groups in total. The maximum absolute atomic E-state index is 13.4. The molecule has 0 fully saturated rings. The molecule has 2 rings (SSSR count). The van der Waals surface area contributed by atoms with E-state index in [1.807, 2.05) is 37.0 Å². The van der Waals surface area contributed by atoms with Crippen molar-refractivity contribution in [1.29, 1.82) is 0 Å². The zero-order chi connectivity index (χ0) is 14.0. The molecule has 1 aromatic carbocycles. The van der Waals surface area contributed by atoms with Gasteiger partial charge in [-0.15, -0.1) is 0 Å². The minimum atomic E-state index is -0.165. The second-order valence-corrected chi connectivity index (χ2v) is 4.84. The van der Waals surface area contributed by atoms with E-state index < -0.39 is 0 Å². The lowest BCUT2D eigenvalue weighted by molar-refractivity contribution is 0.605. The predicted octanol–water partition coefficient (Wildman–Crippen LogP) is 2.87. The molecule has 0 saturated heterocycles. The molecular weight excluding hydrogens is 241 g/mol. The summed E-state index contributed by atoms with van der Waals surface area (Å²) < 4.78 is 15.2. The highest BCUT2D eigenvalue weighted by Crippen LogP contribution is 2.25. The van der Waals surface area contributed by atoms with Gasteiger partial charge in [-0.05, 0) is 37.6 Å². The molecule has 1 atom stereocenters. The molecule has 0 aliphatic heterocycles. The number of aromatic nitrogens is 2. The Bertz CT molecular complexity index is 575. The number of halogens is 1. The van der Waals surface area contributed by atoms with E-state index in [0.717, 1.165) is 23.4 Å². The maximum Gasteiger partial charge on any atom is 0.126 e. The second-order valence-electron chi connectivity index (χ2n) is 4.84. The molecule has 4 heteroatoms. The highest BCUT2D eigenvalue weighted by Gasteiger charge is 2.18. The summed E-state index contributed by atoms with van der Waals surface area (Å²) in [4.78, 5) is 0. The third-order valence-electron chi connectivity index (χ3n) is 3.29. The van der Waals surface area contributed by atoms with Crippen molar-refractivity contribution >= 4 is 0 Å². The topological polar surface area (TPSA) is 29.9 Å². The number of rotatable bonds is 4. The molecule has 0 bridgehead atoms. The zero-order valence-electron chi connectivity index (χ0n) is 11.9. The number of benzene rings is 1. The molecule has 1 unspecified atom stereocenters. The Balaban J connectivity index is 2.44. The lowest BCUT2D eigenvalue weighted by Crippen LogP contribution is -2.22. The molecule has 0 radical (unpaired) electrons. The van der Waals surface area contributed by atoms with E-state index in [-0.39, 0.29) is 11.9 Å². The molecular formula is C15H20FN3. The van der Waals surface area contributed by atoms with Crippen LogP contribution >= 0.6 is 0 Å². The predicted molar refractivity (Wildman–Crippen MR) is 74.6 cm³/mol. The Kier molecular flexibility index (Phi) is 4.00. The third kappa shape index (κ3) is 2.84. The van der Waals surface area contributed by atoms with Gasteiger partial charge in [-0.3, -0.25) is 4.68 Å². The molecule has 3 nitrogen and oxygen atoms in total. The standard InChI is InChI=1S/C15H20FN3/c1-5-17-15(13-9-19(4)18-11(13)3)12-6-7-14(16)10(2)8-12/h6-9,15,17H,5H2,1-4H3. The Morgan fingerprint density at radius 3 is 2.63 bits per heavy atom. The molecule has 0 amide bonds. The van der Waals surface area contributed by atoms with E-state index >= 15 is 0 Å². The van der Waals surface area contributed by atoms with Crippen LogP contribution in [0.5, 0.6) is 0 Å². The van der Waals surface area contributed by atoms with E-state index in [4.69, 9.17) is 0 Å². The summed E-state index contributed by atoms with van der Waals surface area (Å²) in [6.07, 6.45) is 2.02. The van der Waals surface area contributed by atoms with E-state index in [1.165, 1.54) is 6.07 Å². The molecule has 0 saturated carbocycles. The van der Waals surface area contributed by atoms with Gasteiger partial charge in [0.05, 0.1) is 11.7 Å². The first kappa shape index (κ1) is 13.7. The van der Waals surface area contributed by atoms with Gasteiger partial charge in [0.2, 0.25) is 0 Å². The van der Waals surface area contributed by atoms with Crippen molar-refractivity contribution in [2.75, 3.05) is 6.54 Å². The molecule has 2 aromatic rings. The molecule has 0 aliphatic rings. The Morgan fingerprint density at radius 2 is 2.11 bits per heavy atom. The first-order valence-corrected chi connectivity index (χ1v) is 6.52. The quantitative estimate of drug-likeness (QED) is 0.917. The van der Waals surface area contributed by atoms with Crippen LogP contribution in [-0.2, 0) is 7.05 Å². The van der Waals surface area contributed by atoms with E-state index in [2.05, 4.69) is 17.3 Å². The largest absolute Gasteiger partial charge is 0.306 e. The number of nitrogens with zero attached hydrogens (tertiary/aromatic N) is 2. The minimum Gasteiger partial charge on any atom is -0.306 e. The fourth-order valence-electron chi connectivity index (χ4n) is 2.36. The van der Waals surface area contributed by atoms with Gasteiger partial charge >= 0.3 is 0 Å². The first-order valence-electron chi connectivity index (χ1n) is 6.52. The highest BCUT2D eigenvalue weighted by molar-refractivity contribution is 5.35. The summed E-state index contributed by atoms with van der Waals surface area (Å²) in [5.74, 6) is -0.165. The molecule has 0 spiro atoms. The summed E-state index contributed by atoms with van der Waals surface area (Å²) in [6, 6.07) is 5.32. The molecule has 102 valence electrons. The lowest BCUT2D eigenvalue weighted by atomic mass is 9.97. The number of hydrogen-bond donors (Lipinski definition) is 1. The van der Waals surface area contributed by atoms with E-state index in [0.29, 0.717) is 5.56 Å². The monoisotopic (exact) mass is 261 g/mol. The lowest BCUT2D eigenvalue weighted by Gasteiger charge is -2.18. The average Bonchev–Trinajstić information content (AvgIpc) is 2.69. The molecule has 0 aliphatic carbocycles. The van der Waals surface area contributed by atoms with Crippen LogP contribution in [0, 0.1) is 19.7 Å². The fraction of sp³-hybridized carbons (Fsp3) is 0.400. The summed E-state index contributed by atoms with van der Waals surface area (Å²) in [5, 5.41) is 7.82. The number of hydrogen-bond acceptors (Lipinski definition) is 2. The summed E-state index contributed by atoms with van der Waals surface area (Å²) >= 11 is 0. The van der Waals surface area contributed by atoms with Crippen molar-refractivity contribution in [1.82, 2.24) is 15.1 Å². The summed E-state index contributed by atoms with van der Waals surface area (Å²) in [6.45, 7) is 6.69. The van der Waals surface area contributed by atoms with Crippen LogP contribution in [0.4, 0.5) is 4.39 Å². The first-order chi connectivity index (χ1) is 9.02. The fourth-order valence-corrected chi connectivity index (χ4v) is 2.36. The third-order valence-corrected chi connectivity index (χ3v) is 3.29. The van der Waals surface area contributed by atoms with Crippen LogP contribution in [-0.4, -0.2) is 16.3 Å². The van der Waals surface area contributed by atoms with Gasteiger partial charge in [0.15, 0.2) is 0 Å². The zero-order valence-corrected chi connectivity index (χ0v) is 11.9. The van der Waals surface area contributed by atoms with Crippen molar-refractivity contribution in [3.63, 3.8) is 0 Å². The van der Waals surface area contributed by atoms with Crippen LogP contribution in [0.1, 0.15) is 35.3 Å². The van der Waals surface area contributed by atoms with Crippen LogP contribution in [0.25, 0.3) is 0 Å². The Hall–Kier alpha value is -1.68.